The molecule has 7 heteroatoms. The van der Waals surface area contributed by atoms with E-state index in [2.05, 4.69) is 10.4 Å². The van der Waals surface area contributed by atoms with E-state index in [0.717, 1.165) is 25.1 Å². The van der Waals surface area contributed by atoms with Crippen LogP contribution in [0.5, 0.6) is 0 Å². The second-order valence-corrected chi connectivity index (χ2v) is 4.17. The summed E-state index contributed by atoms with van der Waals surface area (Å²) < 4.78 is 42.8. The quantitative estimate of drug-likeness (QED) is 0.655. The minimum atomic E-state index is -4.39. The van der Waals surface area contributed by atoms with Crippen LogP contribution in [-0.4, -0.2) is 11.6 Å². The highest BCUT2D eigenvalue weighted by atomic mass is 19.4. The average molecular weight is 273 g/mol. The lowest BCUT2D eigenvalue weighted by Crippen LogP contribution is -2.31. The Morgan fingerprint density at radius 1 is 1.37 bits per heavy atom. The Labute approximate surface area is 108 Å². The molecule has 104 valence electrons. The highest BCUT2D eigenvalue weighted by Gasteiger charge is 2.31. The number of aromatic nitrogens is 1. The van der Waals surface area contributed by atoms with Crippen LogP contribution in [-0.2, 0) is 10.9 Å². The van der Waals surface area contributed by atoms with Gasteiger partial charge in [-0.3, -0.25) is 10.8 Å². The van der Waals surface area contributed by atoms with Crippen molar-refractivity contribution < 1.29 is 17.9 Å². The molecule has 0 aromatic carbocycles. The van der Waals surface area contributed by atoms with Crippen LogP contribution in [0.1, 0.15) is 30.1 Å². The fourth-order valence-corrected chi connectivity index (χ4v) is 1.83. The predicted octanol–water partition coefficient (Wildman–Crippen LogP) is 2.30. The number of rotatable bonds is 3. The molecule has 1 aliphatic rings. The summed E-state index contributed by atoms with van der Waals surface area (Å²) in [6, 6.07) is 1.75. The molecule has 19 heavy (non-hydrogen) atoms. The van der Waals surface area contributed by atoms with Gasteiger partial charge in [0.05, 0.1) is 17.9 Å². The third kappa shape index (κ3) is 3.24. The van der Waals surface area contributed by atoms with Gasteiger partial charge in [-0.25, -0.2) is 5.43 Å². The lowest BCUT2D eigenvalue weighted by atomic mass is 10.1. The molecular weight excluding hydrogens is 259 g/mol. The maximum atomic E-state index is 12.4. The van der Waals surface area contributed by atoms with Gasteiger partial charge in [0.15, 0.2) is 0 Å². The molecule has 0 amide bonds. The van der Waals surface area contributed by atoms with Gasteiger partial charge in [-0.2, -0.15) is 13.2 Å². The number of halogens is 3. The summed E-state index contributed by atoms with van der Waals surface area (Å²) in [7, 11) is 0. The topological polar surface area (TPSA) is 60.2 Å². The first-order chi connectivity index (χ1) is 9.02. The minimum absolute atomic E-state index is 0.392. The molecule has 0 fully saturated rings. The summed E-state index contributed by atoms with van der Waals surface area (Å²) in [6.07, 6.45) is 0.0452. The third-order valence-corrected chi connectivity index (χ3v) is 2.82. The fraction of sp³-hybridized carbons (Fsp3) is 0.417. The summed E-state index contributed by atoms with van der Waals surface area (Å²) in [5, 5.41) is 0. The van der Waals surface area contributed by atoms with E-state index in [1.54, 1.807) is 0 Å². The Morgan fingerprint density at radius 2 is 2.16 bits per heavy atom. The van der Waals surface area contributed by atoms with Crippen LogP contribution in [0.2, 0.25) is 0 Å². The Hall–Kier alpha value is -1.60. The van der Waals surface area contributed by atoms with Crippen LogP contribution < -0.4 is 11.3 Å². The number of alkyl halides is 3. The van der Waals surface area contributed by atoms with Gasteiger partial charge in [-0.15, -0.1) is 0 Å². The van der Waals surface area contributed by atoms with Crippen molar-refractivity contribution >= 4 is 0 Å². The number of pyridine rings is 1. The first kappa shape index (κ1) is 13.8. The molecule has 2 rings (SSSR count). The van der Waals surface area contributed by atoms with Crippen LogP contribution in [0.25, 0.3) is 0 Å². The van der Waals surface area contributed by atoms with Crippen molar-refractivity contribution in [1.82, 2.24) is 10.4 Å². The van der Waals surface area contributed by atoms with E-state index < -0.39 is 17.8 Å². The van der Waals surface area contributed by atoms with Gasteiger partial charge < -0.3 is 4.74 Å². The number of ether oxygens (including phenoxy) is 1. The molecule has 0 radical (unpaired) electrons. The van der Waals surface area contributed by atoms with Crippen LogP contribution in [0.3, 0.4) is 0 Å². The maximum Gasteiger partial charge on any atom is 0.417 e. The molecule has 3 N–H and O–H groups in total. The standard InChI is InChI=1S/C12H14F3N3O/c13-12(14,15)8-4-5-9(17-7-8)11(18-16)10-3-1-2-6-19-10/h3-5,7,11,18H,1-2,6,16H2. The molecule has 4 nitrogen and oxygen atoms in total. The number of nitrogens with two attached hydrogens (primary N) is 1. The molecular formula is C12H14F3N3O. The van der Waals surface area contributed by atoms with Crippen LogP contribution in [0.15, 0.2) is 30.2 Å². The van der Waals surface area contributed by atoms with Crippen molar-refractivity contribution in [2.24, 2.45) is 5.84 Å². The Bertz CT molecular complexity index is 456. The minimum Gasteiger partial charge on any atom is -0.496 e. The average Bonchev–Trinajstić information content (AvgIpc) is 2.40. The zero-order valence-corrected chi connectivity index (χ0v) is 10.1. The Balaban J connectivity index is 2.22. The van der Waals surface area contributed by atoms with Gasteiger partial charge in [0, 0.05) is 6.20 Å². The SMILES string of the molecule is NNC(C1=CCCCO1)c1ccc(C(F)(F)F)cn1. The molecule has 0 saturated heterocycles. The molecule has 1 aromatic rings. The van der Waals surface area contributed by atoms with Crippen LogP contribution >= 0.6 is 0 Å². The lowest BCUT2D eigenvalue weighted by molar-refractivity contribution is -0.137. The molecule has 1 atom stereocenters. The van der Waals surface area contributed by atoms with E-state index in [9.17, 15) is 13.2 Å². The van der Waals surface area contributed by atoms with Crippen molar-refractivity contribution in [3.05, 3.63) is 41.4 Å². The summed E-state index contributed by atoms with van der Waals surface area (Å²) in [5.41, 5.74) is 2.11. The van der Waals surface area contributed by atoms with E-state index in [1.807, 2.05) is 6.08 Å². The number of allylic oxidation sites excluding steroid dienone is 1. The van der Waals surface area contributed by atoms with Crippen molar-refractivity contribution in [3.63, 3.8) is 0 Å². The molecule has 0 saturated carbocycles. The number of hydrazine groups is 1. The zero-order chi connectivity index (χ0) is 13.9. The first-order valence-corrected chi connectivity index (χ1v) is 5.84. The highest BCUT2D eigenvalue weighted by molar-refractivity contribution is 5.23. The van der Waals surface area contributed by atoms with E-state index >= 15 is 0 Å². The predicted molar refractivity (Wildman–Crippen MR) is 62.6 cm³/mol. The largest absolute Gasteiger partial charge is 0.496 e. The number of nitrogens with zero attached hydrogens (tertiary/aromatic N) is 1. The van der Waals surface area contributed by atoms with Crippen LogP contribution in [0, 0.1) is 0 Å². The Morgan fingerprint density at radius 3 is 2.63 bits per heavy atom. The summed E-state index contributed by atoms with van der Waals surface area (Å²) in [5.74, 6) is 6.02. The number of hydrogen-bond donors (Lipinski definition) is 2. The third-order valence-electron chi connectivity index (χ3n) is 2.82. The summed E-state index contributed by atoms with van der Waals surface area (Å²) in [6.45, 7) is 0.574. The van der Waals surface area contributed by atoms with E-state index in [0.29, 0.717) is 18.1 Å². The zero-order valence-electron chi connectivity index (χ0n) is 10.1. The van der Waals surface area contributed by atoms with Crippen molar-refractivity contribution in [2.45, 2.75) is 25.1 Å². The van der Waals surface area contributed by atoms with Gasteiger partial charge in [0.1, 0.15) is 11.8 Å². The second kappa shape index (κ2) is 5.58. The lowest BCUT2D eigenvalue weighted by Gasteiger charge is -2.23. The van der Waals surface area contributed by atoms with E-state index in [1.165, 1.54) is 6.07 Å². The van der Waals surface area contributed by atoms with Gasteiger partial charge in [-0.1, -0.05) is 0 Å². The number of nitrogens with one attached hydrogen (secondary N) is 1. The normalized spacial score (nSPS) is 17.6. The molecule has 1 aromatic heterocycles. The van der Waals surface area contributed by atoms with Crippen LogP contribution in [0.4, 0.5) is 13.2 Å². The van der Waals surface area contributed by atoms with Gasteiger partial charge >= 0.3 is 6.18 Å². The molecule has 1 aliphatic heterocycles. The second-order valence-electron chi connectivity index (χ2n) is 4.17. The molecule has 0 bridgehead atoms. The fourth-order valence-electron chi connectivity index (χ4n) is 1.83. The summed E-state index contributed by atoms with van der Waals surface area (Å²) in [4.78, 5) is 3.81. The first-order valence-electron chi connectivity index (χ1n) is 5.84. The van der Waals surface area contributed by atoms with Crippen molar-refractivity contribution in [1.29, 1.82) is 0 Å². The van der Waals surface area contributed by atoms with Gasteiger partial charge in [0.25, 0.3) is 0 Å². The molecule has 0 aliphatic carbocycles. The molecule has 2 heterocycles. The smallest absolute Gasteiger partial charge is 0.417 e. The van der Waals surface area contributed by atoms with Gasteiger partial charge in [-0.05, 0) is 31.1 Å². The highest BCUT2D eigenvalue weighted by Crippen LogP contribution is 2.30. The Kier molecular flexibility index (Phi) is 4.06. The summed E-state index contributed by atoms with van der Waals surface area (Å²) >= 11 is 0. The van der Waals surface area contributed by atoms with E-state index in [4.69, 9.17) is 10.6 Å². The molecule has 1 unspecified atom stereocenters. The number of hydrogen-bond acceptors (Lipinski definition) is 4. The van der Waals surface area contributed by atoms with Crippen molar-refractivity contribution in [2.75, 3.05) is 6.61 Å². The maximum absolute atomic E-state index is 12.4. The van der Waals surface area contributed by atoms with E-state index in [-0.39, 0.29) is 0 Å². The molecule has 0 spiro atoms. The monoisotopic (exact) mass is 273 g/mol. The van der Waals surface area contributed by atoms with Gasteiger partial charge in [0.2, 0.25) is 0 Å². The van der Waals surface area contributed by atoms with Crippen molar-refractivity contribution in [3.8, 4) is 0 Å².